The third-order valence-electron chi connectivity index (χ3n) is 2.35. The van der Waals surface area contributed by atoms with Gasteiger partial charge in [0, 0.05) is 18.1 Å². The Balaban J connectivity index is 2.22. The lowest BCUT2D eigenvalue weighted by Crippen LogP contribution is -1.98. The molecule has 0 aliphatic heterocycles. The van der Waals surface area contributed by atoms with Crippen molar-refractivity contribution in [3.63, 3.8) is 0 Å². The Hall–Kier alpha value is -1.68. The van der Waals surface area contributed by atoms with Crippen LogP contribution in [0.25, 0.3) is 0 Å². The van der Waals surface area contributed by atoms with Crippen LogP contribution >= 0.6 is 11.8 Å². The van der Waals surface area contributed by atoms with Crippen molar-refractivity contribution in [1.82, 2.24) is 4.57 Å². The maximum Gasteiger partial charge on any atom is 0.339 e. The van der Waals surface area contributed by atoms with Crippen LogP contribution in [-0.2, 0) is 11.8 Å². The first kappa shape index (κ1) is 11.8. The molecule has 0 radical (unpaired) electrons. The average Bonchev–Trinajstić information content (AvgIpc) is 2.71. The molecular formula is C13H13NO2S. The molecule has 1 aromatic carbocycles. The molecule has 0 unspecified atom stereocenters. The molecule has 17 heavy (non-hydrogen) atoms. The van der Waals surface area contributed by atoms with E-state index in [1.54, 1.807) is 18.0 Å². The normalized spacial score (nSPS) is 10.2. The van der Waals surface area contributed by atoms with Crippen molar-refractivity contribution in [2.24, 2.45) is 7.05 Å². The second-order valence-corrected chi connectivity index (χ2v) is 4.68. The molecule has 0 bridgehead atoms. The zero-order chi connectivity index (χ0) is 12.3. The fraction of sp³-hybridized carbons (Fsp3) is 0.154. The molecule has 1 heterocycles. The van der Waals surface area contributed by atoms with Gasteiger partial charge in [-0.3, -0.25) is 0 Å². The smallest absolute Gasteiger partial charge is 0.339 e. The van der Waals surface area contributed by atoms with Crippen molar-refractivity contribution in [2.45, 2.75) is 9.92 Å². The molecule has 0 fully saturated rings. The van der Waals surface area contributed by atoms with Crippen LogP contribution in [0.4, 0.5) is 0 Å². The van der Waals surface area contributed by atoms with Gasteiger partial charge in [-0.05, 0) is 18.2 Å². The molecule has 2 rings (SSSR count). The van der Waals surface area contributed by atoms with E-state index in [1.807, 2.05) is 48.0 Å². The quantitative estimate of drug-likeness (QED) is 0.781. The first-order valence-corrected chi connectivity index (χ1v) is 6.00. The van der Waals surface area contributed by atoms with Crippen molar-refractivity contribution in [3.8, 4) is 0 Å². The summed E-state index contributed by atoms with van der Waals surface area (Å²) in [5.41, 5.74) is 0.577. The van der Waals surface area contributed by atoms with Gasteiger partial charge in [0.2, 0.25) is 0 Å². The van der Waals surface area contributed by atoms with Gasteiger partial charge in [-0.15, -0.1) is 0 Å². The van der Waals surface area contributed by atoms with Crippen LogP contribution in [-0.4, -0.2) is 17.6 Å². The van der Waals surface area contributed by atoms with Crippen LogP contribution in [0.2, 0.25) is 0 Å². The van der Waals surface area contributed by atoms with Gasteiger partial charge in [0.15, 0.2) is 0 Å². The Kier molecular flexibility index (Phi) is 3.54. The number of carbonyl (C=O) groups excluding carboxylic acids is 1. The Morgan fingerprint density at radius 3 is 2.65 bits per heavy atom. The maximum atomic E-state index is 11.4. The number of carbonyl (C=O) groups is 1. The number of hydrogen-bond donors (Lipinski definition) is 0. The van der Waals surface area contributed by atoms with Crippen molar-refractivity contribution >= 4 is 17.7 Å². The molecule has 0 N–H and O–H groups in total. The number of methoxy groups -OCH3 is 1. The molecule has 4 heteroatoms. The number of aromatic nitrogens is 1. The summed E-state index contributed by atoms with van der Waals surface area (Å²) in [5, 5.41) is 1.01. The van der Waals surface area contributed by atoms with E-state index in [9.17, 15) is 4.79 Å². The van der Waals surface area contributed by atoms with Gasteiger partial charge in [0.25, 0.3) is 0 Å². The Labute approximate surface area is 104 Å². The lowest BCUT2D eigenvalue weighted by Gasteiger charge is -2.01. The van der Waals surface area contributed by atoms with Crippen LogP contribution in [0.1, 0.15) is 10.4 Å². The number of rotatable bonds is 3. The maximum absolute atomic E-state index is 11.4. The highest BCUT2D eigenvalue weighted by atomic mass is 32.2. The molecule has 1 aromatic heterocycles. The number of ether oxygens (including phenoxy) is 1. The average molecular weight is 247 g/mol. The molecule has 3 nitrogen and oxygen atoms in total. The standard InChI is InChI=1S/C13H13NO2S/c1-14-9-10(13(15)16-2)8-12(14)17-11-6-4-3-5-7-11/h3-9H,1-2H3. The van der Waals surface area contributed by atoms with E-state index in [0.29, 0.717) is 5.56 Å². The number of nitrogens with zero attached hydrogens (tertiary/aromatic N) is 1. The molecule has 0 saturated carbocycles. The van der Waals surface area contributed by atoms with E-state index in [-0.39, 0.29) is 5.97 Å². The van der Waals surface area contributed by atoms with E-state index in [2.05, 4.69) is 0 Å². The molecule has 88 valence electrons. The highest BCUT2D eigenvalue weighted by Crippen LogP contribution is 2.28. The Bertz CT molecular complexity index is 519. The van der Waals surface area contributed by atoms with E-state index in [0.717, 1.165) is 9.92 Å². The minimum atomic E-state index is -0.305. The molecule has 0 aliphatic rings. The Morgan fingerprint density at radius 1 is 1.29 bits per heavy atom. The number of benzene rings is 1. The van der Waals surface area contributed by atoms with Crippen LogP contribution in [0.15, 0.2) is 52.5 Å². The van der Waals surface area contributed by atoms with Gasteiger partial charge in [-0.25, -0.2) is 4.79 Å². The molecule has 2 aromatic rings. The summed E-state index contributed by atoms with van der Waals surface area (Å²) in [6.07, 6.45) is 1.77. The predicted molar refractivity (Wildman–Crippen MR) is 67.3 cm³/mol. The number of esters is 1. The van der Waals surface area contributed by atoms with Crippen LogP contribution in [0.3, 0.4) is 0 Å². The molecule has 0 saturated heterocycles. The number of aryl methyl sites for hydroxylation is 1. The third-order valence-corrected chi connectivity index (χ3v) is 3.47. The minimum absolute atomic E-state index is 0.305. The fourth-order valence-electron chi connectivity index (χ4n) is 1.48. The highest BCUT2D eigenvalue weighted by molar-refractivity contribution is 7.99. The third kappa shape index (κ3) is 2.71. The summed E-state index contributed by atoms with van der Waals surface area (Å²) in [7, 11) is 3.30. The summed E-state index contributed by atoms with van der Waals surface area (Å²) >= 11 is 1.62. The zero-order valence-corrected chi connectivity index (χ0v) is 10.5. The summed E-state index contributed by atoms with van der Waals surface area (Å²) in [6, 6.07) is 11.9. The minimum Gasteiger partial charge on any atom is -0.465 e. The number of hydrogen-bond acceptors (Lipinski definition) is 3. The van der Waals surface area contributed by atoms with Gasteiger partial charge in [-0.1, -0.05) is 30.0 Å². The van der Waals surface area contributed by atoms with Crippen LogP contribution in [0, 0.1) is 0 Å². The lowest BCUT2D eigenvalue weighted by atomic mass is 10.3. The first-order valence-electron chi connectivity index (χ1n) is 5.18. The van der Waals surface area contributed by atoms with Gasteiger partial charge in [0.1, 0.15) is 0 Å². The van der Waals surface area contributed by atoms with Crippen molar-refractivity contribution in [2.75, 3.05) is 7.11 Å². The monoisotopic (exact) mass is 247 g/mol. The molecule has 0 amide bonds. The van der Waals surface area contributed by atoms with Crippen LogP contribution in [0.5, 0.6) is 0 Å². The van der Waals surface area contributed by atoms with Crippen molar-refractivity contribution in [1.29, 1.82) is 0 Å². The van der Waals surface area contributed by atoms with E-state index >= 15 is 0 Å². The van der Waals surface area contributed by atoms with Gasteiger partial charge >= 0.3 is 5.97 Å². The fourth-order valence-corrected chi connectivity index (χ4v) is 2.40. The van der Waals surface area contributed by atoms with Crippen LogP contribution < -0.4 is 0 Å². The summed E-state index contributed by atoms with van der Waals surface area (Å²) in [5.74, 6) is -0.305. The van der Waals surface area contributed by atoms with Crippen molar-refractivity contribution in [3.05, 3.63) is 48.2 Å². The molecule has 0 spiro atoms. The van der Waals surface area contributed by atoms with E-state index in [4.69, 9.17) is 4.74 Å². The van der Waals surface area contributed by atoms with Gasteiger partial charge in [-0.2, -0.15) is 0 Å². The zero-order valence-electron chi connectivity index (χ0n) is 9.71. The predicted octanol–water partition coefficient (Wildman–Crippen LogP) is 2.96. The van der Waals surface area contributed by atoms with E-state index in [1.165, 1.54) is 7.11 Å². The second kappa shape index (κ2) is 5.10. The second-order valence-electron chi connectivity index (χ2n) is 3.58. The summed E-state index contributed by atoms with van der Waals surface area (Å²) in [6.45, 7) is 0. The van der Waals surface area contributed by atoms with Gasteiger partial charge < -0.3 is 9.30 Å². The first-order chi connectivity index (χ1) is 8.20. The van der Waals surface area contributed by atoms with E-state index < -0.39 is 0 Å². The Morgan fingerprint density at radius 2 is 2.00 bits per heavy atom. The highest BCUT2D eigenvalue weighted by Gasteiger charge is 2.11. The molecule has 0 aliphatic carbocycles. The summed E-state index contributed by atoms with van der Waals surface area (Å²) < 4.78 is 6.61. The molecular weight excluding hydrogens is 234 g/mol. The molecule has 0 atom stereocenters. The SMILES string of the molecule is COC(=O)c1cc(Sc2ccccc2)n(C)c1. The lowest BCUT2D eigenvalue weighted by molar-refractivity contribution is 0.0600. The van der Waals surface area contributed by atoms with Gasteiger partial charge in [0.05, 0.1) is 17.7 Å². The largest absolute Gasteiger partial charge is 0.465 e. The summed E-state index contributed by atoms with van der Waals surface area (Å²) in [4.78, 5) is 12.5. The topological polar surface area (TPSA) is 31.2 Å². The van der Waals surface area contributed by atoms with Crippen molar-refractivity contribution < 1.29 is 9.53 Å².